The minimum Gasteiger partial charge on any atom is -0.324 e. The Morgan fingerprint density at radius 1 is 1.16 bits per heavy atom. The molecule has 0 aliphatic carbocycles. The highest BCUT2D eigenvalue weighted by molar-refractivity contribution is 5.20. The van der Waals surface area contributed by atoms with E-state index in [2.05, 4.69) is 32.6 Å². The first kappa shape index (κ1) is 16.1. The average Bonchev–Trinajstić information content (AvgIpc) is 2.34. The predicted molar refractivity (Wildman–Crippen MR) is 79.5 cm³/mol. The summed E-state index contributed by atoms with van der Waals surface area (Å²) in [5.74, 6) is 0.432. The maximum absolute atomic E-state index is 13.6. The van der Waals surface area contributed by atoms with Crippen molar-refractivity contribution in [1.82, 2.24) is 4.90 Å². The van der Waals surface area contributed by atoms with Crippen LogP contribution in [-0.2, 0) is 0 Å². The summed E-state index contributed by atoms with van der Waals surface area (Å²) in [4.78, 5) is 2.41. The number of benzene rings is 1. The molecular weight excluding hydrogens is 239 g/mol. The third-order valence-electron chi connectivity index (χ3n) is 3.36. The molecule has 0 saturated carbocycles. The number of hydrogen-bond donors (Lipinski definition) is 1. The van der Waals surface area contributed by atoms with Gasteiger partial charge < -0.3 is 10.6 Å². The minimum absolute atomic E-state index is 0.199. The van der Waals surface area contributed by atoms with E-state index in [9.17, 15) is 4.39 Å². The predicted octanol–water partition coefficient (Wildman–Crippen LogP) is 3.58. The molecule has 2 N–H and O–H groups in total. The van der Waals surface area contributed by atoms with Gasteiger partial charge >= 0.3 is 0 Å². The number of nitrogens with two attached hydrogens (primary N) is 1. The van der Waals surface area contributed by atoms with Gasteiger partial charge in [0.2, 0.25) is 0 Å². The van der Waals surface area contributed by atoms with Crippen LogP contribution >= 0.6 is 0 Å². The molecule has 1 aromatic rings. The molecule has 1 unspecified atom stereocenters. The van der Waals surface area contributed by atoms with Gasteiger partial charge in [-0.25, -0.2) is 4.39 Å². The van der Waals surface area contributed by atoms with Gasteiger partial charge in [0.1, 0.15) is 5.82 Å². The first-order chi connectivity index (χ1) is 8.91. The van der Waals surface area contributed by atoms with Gasteiger partial charge in [-0.1, -0.05) is 32.0 Å². The molecule has 0 radical (unpaired) electrons. The van der Waals surface area contributed by atoms with Gasteiger partial charge in [0.25, 0.3) is 0 Å². The lowest BCUT2D eigenvalue weighted by atomic mass is 10.0. The summed E-state index contributed by atoms with van der Waals surface area (Å²) < 4.78 is 13.6. The van der Waals surface area contributed by atoms with Crippen LogP contribution in [-0.4, -0.2) is 24.0 Å². The van der Waals surface area contributed by atoms with E-state index in [4.69, 9.17) is 5.73 Å². The summed E-state index contributed by atoms with van der Waals surface area (Å²) in [5.41, 5.74) is 6.73. The van der Waals surface area contributed by atoms with Crippen molar-refractivity contribution in [3.8, 4) is 0 Å². The average molecular weight is 266 g/mol. The van der Waals surface area contributed by atoms with E-state index >= 15 is 0 Å². The zero-order valence-corrected chi connectivity index (χ0v) is 12.6. The zero-order valence-electron chi connectivity index (χ0n) is 12.6. The number of halogens is 1. The number of hydrogen-bond acceptors (Lipinski definition) is 2. The fraction of sp³-hybridized carbons (Fsp3) is 0.625. The van der Waals surface area contributed by atoms with Gasteiger partial charge in [0, 0.05) is 30.7 Å². The molecule has 0 aliphatic heterocycles. The minimum atomic E-state index is -0.227. The van der Waals surface area contributed by atoms with Gasteiger partial charge in [-0.15, -0.1) is 0 Å². The standard InChI is InChI=1S/C16H27FN2/c1-12(2)11-19(13(3)4)10-9-16(18)14-7-5-6-8-15(14)17/h5-8,12-13,16H,9-11,18H2,1-4H3. The van der Waals surface area contributed by atoms with Gasteiger partial charge in [-0.3, -0.25) is 0 Å². The quantitative estimate of drug-likeness (QED) is 0.817. The van der Waals surface area contributed by atoms with E-state index in [1.54, 1.807) is 12.1 Å². The zero-order chi connectivity index (χ0) is 14.4. The van der Waals surface area contributed by atoms with Crippen molar-refractivity contribution in [1.29, 1.82) is 0 Å². The first-order valence-corrected chi connectivity index (χ1v) is 7.15. The molecule has 0 saturated heterocycles. The molecule has 0 amide bonds. The Bertz CT molecular complexity index is 377. The van der Waals surface area contributed by atoms with Gasteiger partial charge in [0.05, 0.1) is 0 Å². The Morgan fingerprint density at radius 3 is 2.32 bits per heavy atom. The molecule has 19 heavy (non-hydrogen) atoms. The lowest BCUT2D eigenvalue weighted by Crippen LogP contribution is -2.36. The summed E-state index contributed by atoms with van der Waals surface area (Å²) >= 11 is 0. The van der Waals surface area contributed by atoms with Gasteiger partial charge in [-0.05, 0) is 32.3 Å². The Hall–Kier alpha value is -0.930. The Labute approximate surface area is 116 Å². The maximum atomic E-state index is 13.6. The largest absolute Gasteiger partial charge is 0.324 e. The van der Waals surface area contributed by atoms with Crippen LogP contribution in [0.15, 0.2) is 24.3 Å². The molecule has 0 fully saturated rings. The normalized spacial score (nSPS) is 13.5. The fourth-order valence-corrected chi connectivity index (χ4v) is 2.27. The van der Waals surface area contributed by atoms with E-state index in [-0.39, 0.29) is 11.9 Å². The smallest absolute Gasteiger partial charge is 0.127 e. The molecule has 1 atom stereocenters. The third kappa shape index (κ3) is 5.29. The van der Waals surface area contributed by atoms with Crippen molar-refractivity contribution < 1.29 is 4.39 Å². The summed E-state index contributed by atoms with van der Waals surface area (Å²) in [5, 5.41) is 0. The van der Waals surface area contributed by atoms with Crippen molar-refractivity contribution >= 4 is 0 Å². The van der Waals surface area contributed by atoms with Crippen molar-refractivity contribution in [2.75, 3.05) is 13.1 Å². The van der Waals surface area contributed by atoms with Gasteiger partial charge in [-0.2, -0.15) is 0 Å². The second kappa shape index (κ2) is 7.61. The van der Waals surface area contributed by atoms with Crippen molar-refractivity contribution in [2.24, 2.45) is 11.7 Å². The Morgan fingerprint density at radius 2 is 1.79 bits per heavy atom. The van der Waals surface area contributed by atoms with Crippen LogP contribution in [0, 0.1) is 11.7 Å². The summed E-state index contributed by atoms with van der Waals surface area (Å²) in [6, 6.07) is 7.06. The van der Waals surface area contributed by atoms with Crippen molar-refractivity contribution in [3.63, 3.8) is 0 Å². The third-order valence-corrected chi connectivity index (χ3v) is 3.36. The topological polar surface area (TPSA) is 29.3 Å². The molecule has 0 aliphatic rings. The van der Waals surface area contributed by atoms with Crippen LogP contribution in [0.25, 0.3) is 0 Å². The van der Waals surface area contributed by atoms with Crippen molar-refractivity contribution in [3.05, 3.63) is 35.6 Å². The Kier molecular flexibility index (Phi) is 6.46. The number of rotatable bonds is 7. The van der Waals surface area contributed by atoms with Crippen LogP contribution in [0.2, 0.25) is 0 Å². The van der Waals surface area contributed by atoms with E-state index in [0.29, 0.717) is 17.5 Å². The molecule has 108 valence electrons. The molecule has 1 rings (SSSR count). The monoisotopic (exact) mass is 266 g/mol. The highest BCUT2D eigenvalue weighted by Crippen LogP contribution is 2.18. The molecule has 0 bridgehead atoms. The number of nitrogens with zero attached hydrogens (tertiary/aromatic N) is 1. The lowest BCUT2D eigenvalue weighted by Gasteiger charge is -2.29. The summed E-state index contributed by atoms with van der Waals surface area (Å²) in [6.45, 7) is 10.8. The van der Waals surface area contributed by atoms with Crippen LogP contribution in [0.3, 0.4) is 0 Å². The van der Waals surface area contributed by atoms with E-state index < -0.39 is 0 Å². The molecule has 0 spiro atoms. The van der Waals surface area contributed by atoms with Crippen LogP contribution in [0.5, 0.6) is 0 Å². The van der Waals surface area contributed by atoms with Crippen molar-refractivity contribution in [2.45, 2.75) is 46.2 Å². The molecule has 3 heteroatoms. The molecule has 1 aromatic carbocycles. The molecule has 2 nitrogen and oxygen atoms in total. The highest BCUT2D eigenvalue weighted by Gasteiger charge is 2.15. The fourth-order valence-electron chi connectivity index (χ4n) is 2.27. The molecular formula is C16H27FN2. The highest BCUT2D eigenvalue weighted by atomic mass is 19.1. The lowest BCUT2D eigenvalue weighted by molar-refractivity contribution is 0.191. The summed E-state index contributed by atoms with van der Waals surface area (Å²) in [7, 11) is 0. The molecule has 0 heterocycles. The second-order valence-corrected chi connectivity index (χ2v) is 5.90. The van der Waals surface area contributed by atoms with Crippen LogP contribution in [0.1, 0.15) is 45.7 Å². The van der Waals surface area contributed by atoms with E-state index in [0.717, 1.165) is 19.5 Å². The Balaban J connectivity index is 2.57. The van der Waals surface area contributed by atoms with E-state index in [1.807, 2.05) is 6.07 Å². The van der Waals surface area contributed by atoms with Gasteiger partial charge in [0.15, 0.2) is 0 Å². The summed E-state index contributed by atoms with van der Waals surface area (Å²) in [6.07, 6.45) is 0.784. The van der Waals surface area contributed by atoms with E-state index in [1.165, 1.54) is 6.07 Å². The first-order valence-electron chi connectivity index (χ1n) is 7.15. The molecule has 0 aromatic heterocycles. The van der Waals surface area contributed by atoms with Crippen LogP contribution in [0.4, 0.5) is 4.39 Å². The maximum Gasteiger partial charge on any atom is 0.127 e. The second-order valence-electron chi connectivity index (χ2n) is 5.90. The van der Waals surface area contributed by atoms with Crippen LogP contribution < -0.4 is 5.73 Å². The SMILES string of the molecule is CC(C)CN(CCC(N)c1ccccc1F)C(C)C.